The number of carboxylic acids is 1. The third-order valence-electron chi connectivity index (χ3n) is 10.9. The molecule has 0 N–H and O–H groups in total. The summed E-state index contributed by atoms with van der Waals surface area (Å²) >= 11 is 0. The number of carbonyl (C=O) groups is 3. The summed E-state index contributed by atoms with van der Waals surface area (Å²) < 4.78 is 17.2. The van der Waals surface area contributed by atoms with E-state index in [9.17, 15) is 19.5 Å². The average molecular weight is 844 g/mol. The molecule has 8 heteroatoms. The van der Waals surface area contributed by atoms with Gasteiger partial charge in [0.2, 0.25) is 0 Å². The predicted octanol–water partition coefficient (Wildman–Crippen LogP) is 12.6. The van der Waals surface area contributed by atoms with Gasteiger partial charge >= 0.3 is 11.9 Å². The van der Waals surface area contributed by atoms with Crippen LogP contribution in [0.15, 0.2) is 48.6 Å². The fraction of sp³-hybridized carbons (Fsp3) is 0.788. The van der Waals surface area contributed by atoms with Crippen molar-refractivity contribution in [2.24, 2.45) is 0 Å². The number of carboxylic acid groups (broad SMARTS) is 1. The van der Waals surface area contributed by atoms with Gasteiger partial charge in [-0.3, -0.25) is 9.59 Å². The maximum Gasteiger partial charge on any atom is 0.306 e. The number of rotatable bonds is 44. The van der Waals surface area contributed by atoms with Crippen molar-refractivity contribution < 1.29 is 38.2 Å². The summed E-state index contributed by atoms with van der Waals surface area (Å²) in [5.74, 6) is -1.80. The summed E-state index contributed by atoms with van der Waals surface area (Å²) in [4.78, 5) is 36.9. The van der Waals surface area contributed by atoms with Gasteiger partial charge in [-0.25, -0.2) is 0 Å². The number of hydrogen-bond donors (Lipinski definition) is 0. The summed E-state index contributed by atoms with van der Waals surface area (Å²) in [5.41, 5.74) is 0. The first-order chi connectivity index (χ1) is 29.1. The number of carbonyl (C=O) groups excluding carboxylic acids is 3. The van der Waals surface area contributed by atoms with Crippen molar-refractivity contribution in [3.05, 3.63) is 48.6 Å². The van der Waals surface area contributed by atoms with Gasteiger partial charge in [0.25, 0.3) is 0 Å². The minimum absolute atomic E-state index is 0.0193. The Morgan fingerprint density at radius 2 is 0.900 bits per heavy atom. The zero-order valence-corrected chi connectivity index (χ0v) is 39.6. The molecule has 0 spiro atoms. The second-order valence-corrected chi connectivity index (χ2v) is 17.7. The third kappa shape index (κ3) is 40.7. The first kappa shape index (κ1) is 57.3. The van der Waals surface area contributed by atoms with E-state index in [0.717, 1.165) is 38.5 Å². The van der Waals surface area contributed by atoms with E-state index < -0.39 is 18.1 Å². The fourth-order valence-electron chi connectivity index (χ4n) is 7.08. The van der Waals surface area contributed by atoms with Crippen molar-refractivity contribution in [3.8, 4) is 0 Å². The van der Waals surface area contributed by atoms with Crippen LogP contribution in [0.5, 0.6) is 0 Å². The molecule has 0 aliphatic carbocycles. The summed E-state index contributed by atoms with van der Waals surface area (Å²) in [5, 5.41) is 11.6. The quantitative estimate of drug-likeness (QED) is 0.0260. The monoisotopic (exact) mass is 844 g/mol. The molecular formula is C52H93NO7. The molecule has 0 fully saturated rings. The minimum atomic E-state index is -1.13. The Labute approximate surface area is 369 Å². The Balaban J connectivity index is 4.35. The summed E-state index contributed by atoms with van der Waals surface area (Å²) in [6.45, 7) is 4.61. The molecule has 0 saturated carbocycles. The number of quaternary nitrogens is 1. The highest BCUT2D eigenvalue weighted by molar-refractivity contribution is 5.70. The van der Waals surface area contributed by atoms with Crippen LogP contribution in [0.3, 0.4) is 0 Å². The molecule has 0 aliphatic heterocycles. The van der Waals surface area contributed by atoms with E-state index in [0.29, 0.717) is 12.8 Å². The molecule has 0 radical (unpaired) electrons. The lowest BCUT2D eigenvalue weighted by molar-refractivity contribution is -0.889. The molecule has 8 nitrogen and oxygen atoms in total. The number of esters is 2. The second-order valence-electron chi connectivity index (χ2n) is 17.7. The molecule has 0 amide bonds. The molecule has 0 heterocycles. The summed E-state index contributed by atoms with van der Waals surface area (Å²) in [6.07, 6.45) is 51.5. The SMILES string of the molecule is CCCCCCCC/C=C/C/C=C/C/C=C/CCCC(=O)OC(COCCC(C(=O)[O-])[N+](C)(C)C)COC(=O)CCCCCCCCC/C=C/CCCCCCCCCC. The van der Waals surface area contributed by atoms with Gasteiger partial charge in [-0.2, -0.15) is 0 Å². The highest BCUT2D eigenvalue weighted by atomic mass is 16.6. The normalized spacial score (nSPS) is 13.3. The van der Waals surface area contributed by atoms with Crippen LogP contribution in [0.1, 0.15) is 213 Å². The lowest BCUT2D eigenvalue weighted by Gasteiger charge is -2.34. The predicted molar refractivity (Wildman–Crippen MR) is 250 cm³/mol. The van der Waals surface area contributed by atoms with Crippen molar-refractivity contribution in [3.63, 3.8) is 0 Å². The van der Waals surface area contributed by atoms with Gasteiger partial charge in [0.15, 0.2) is 6.10 Å². The van der Waals surface area contributed by atoms with Crippen LogP contribution >= 0.6 is 0 Å². The Morgan fingerprint density at radius 3 is 1.37 bits per heavy atom. The first-order valence-electron chi connectivity index (χ1n) is 24.7. The number of ether oxygens (including phenoxy) is 3. The van der Waals surface area contributed by atoms with E-state index >= 15 is 0 Å². The van der Waals surface area contributed by atoms with Gasteiger partial charge in [0.05, 0.1) is 40.3 Å². The molecule has 0 saturated heterocycles. The maximum absolute atomic E-state index is 12.7. The van der Waals surface area contributed by atoms with Crippen molar-refractivity contribution in [2.45, 2.75) is 225 Å². The standard InChI is InChI=1S/C52H93NO7/c1-6-8-10-12-14-16-18-20-22-24-25-27-28-30-32-34-36-38-40-42-50(54)59-47-48(46-58-45-44-49(52(56)57)53(3,4)5)60-51(55)43-41-39-37-35-33-31-29-26-23-21-19-17-15-13-11-9-7-2/h21,23-25,29,31,35,37,48-49H,6-20,22,26-28,30,32-34,36,38-47H2,1-5H3/b23-21+,25-24+,31-29+,37-35+. The number of hydrogen-bond acceptors (Lipinski definition) is 7. The molecule has 0 aromatic heterocycles. The molecule has 2 unspecified atom stereocenters. The Morgan fingerprint density at radius 1 is 0.500 bits per heavy atom. The molecular weight excluding hydrogens is 751 g/mol. The maximum atomic E-state index is 12.7. The van der Waals surface area contributed by atoms with E-state index in [1.54, 1.807) is 21.1 Å². The fourth-order valence-corrected chi connectivity index (χ4v) is 7.08. The number of allylic oxidation sites excluding steroid dienone is 8. The zero-order chi connectivity index (χ0) is 44.2. The topological polar surface area (TPSA) is 102 Å². The molecule has 2 atom stereocenters. The van der Waals surface area contributed by atoms with Crippen LogP contribution in [-0.2, 0) is 28.6 Å². The van der Waals surface area contributed by atoms with Gasteiger partial charge < -0.3 is 28.6 Å². The number of likely N-dealkylation sites (N-methyl/N-ethyl adjacent to an activating group) is 1. The van der Waals surface area contributed by atoms with Crippen LogP contribution in [0.25, 0.3) is 0 Å². The lowest BCUT2D eigenvalue weighted by Crippen LogP contribution is -2.55. The number of nitrogens with zero attached hydrogens (tertiary/aromatic N) is 1. The molecule has 0 aliphatic rings. The molecule has 60 heavy (non-hydrogen) atoms. The van der Waals surface area contributed by atoms with Crippen LogP contribution in [0.4, 0.5) is 0 Å². The number of aliphatic carboxylic acids is 1. The number of unbranched alkanes of at least 4 members (excludes halogenated alkanes) is 22. The Bertz CT molecular complexity index is 1120. The van der Waals surface area contributed by atoms with E-state index in [1.165, 1.54) is 135 Å². The minimum Gasteiger partial charge on any atom is -0.544 e. The molecule has 348 valence electrons. The average Bonchev–Trinajstić information content (AvgIpc) is 3.21. The van der Waals surface area contributed by atoms with Crippen molar-refractivity contribution in [2.75, 3.05) is 41.0 Å². The van der Waals surface area contributed by atoms with Crippen LogP contribution in [-0.4, -0.2) is 75.5 Å². The van der Waals surface area contributed by atoms with Gasteiger partial charge in [-0.05, 0) is 70.6 Å². The Hall–Kier alpha value is -2.71. The van der Waals surface area contributed by atoms with E-state index in [4.69, 9.17) is 14.2 Å². The van der Waals surface area contributed by atoms with Gasteiger partial charge in [0, 0.05) is 19.3 Å². The van der Waals surface area contributed by atoms with E-state index in [2.05, 4.69) is 62.5 Å². The molecule has 0 rings (SSSR count). The molecule has 0 bridgehead atoms. The smallest absolute Gasteiger partial charge is 0.306 e. The van der Waals surface area contributed by atoms with Crippen LogP contribution in [0, 0.1) is 0 Å². The molecule has 0 aromatic carbocycles. The summed E-state index contributed by atoms with van der Waals surface area (Å²) in [6, 6.07) is -0.736. The van der Waals surface area contributed by atoms with Crippen molar-refractivity contribution in [1.29, 1.82) is 0 Å². The summed E-state index contributed by atoms with van der Waals surface area (Å²) in [7, 11) is 5.39. The van der Waals surface area contributed by atoms with E-state index in [-0.39, 0.29) is 49.1 Å². The second kappa shape index (κ2) is 43.0. The highest BCUT2D eigenvalue weighted by Gasteiger charge is 2.25. The van der Waals surface area contributed by atoms with Crippen molar-refractivity contribution in [1.82, 2.24) is 0 Å². The first-order valence-corrected chi connectivity index (χ1v) is 24.7. The lowest BCUT2D eigenvalue weighted by atomic mass is 10.1. The van der Waals surface area contributed by atoms with E-state index in [1.807, 2.05) is 0 Å². The Kier molecular flexibility index (Phi) is 41.0. The highest BCUT2D eigenvalue weighted by Crippen LogP contribution is 2.14. The molecule has 0 aromatic rings. The third-order valence-corrected chi connectivity index (χ3v) is 10.9. The largest absolute Gasteiger partial charge is 0.544 e. The van der Waals surface area contributed by atoms with Gasteiger partial charge in [-0.15, -0.1) is 0 Å². The van der Waals surface area contributed by atoms with Crippen LogP contribution in [0.2, 0.25) is 0 Å². The zero-order valence-electron chi connectivity index (χ0n) is 39.6. The van der Waals surface area contributed by atoms with Crippen molar-refractivity contribution >= 4 is 17.9 Å². The van der Waals surface area contributed by atoms with Gasteiger partial charge in [-0.1, -0.05) is 172 Å². The van der Waals surface area contributed by atoms with Gasteiger partial charge in [0.1, 0.15) is 12.6 Å². The van der Waals surface area contributed by atoms with Crippen LogP contribution < -0.4 is 5.11 Å².